The first-order valence-electron chi connectivity index (χ1n) is 2.79. The second kappa shape index (κ2) is 3.69. The van der Waals surface area contributed by atoms with Crippen LogP contribution in [0.2, 0.25) is 0 Å². The van der Waals surface area contributed by atoms with Crippen molar-refractivity contribution in [3.05, 3.63) is 31.8 Å². The van der Waals surface area contributed by atoms with Gasteiger partial charge in [0.1, 0.15) is 0 Å². The van der Waals surface area contributed by atoms with E-state index < -0.39 is 0 Å². The minimum absolute atomic E-state index is 0.0969. The molecule has 1 aromatic carbocycles. The predicted octanol–water partition coefficient (Wildman–Crippen LogP) is 2.55. The number of hydrogen-bond donors (Lipinski definition) is 1. The molecule has 0 aromatic heterocycles. The van der Waals surface area contributed by atoms with Gasteiger partial charge < -0.3 is 5.11 Å². The Balaban J connectivity index is 3.17. The molecule has 0 atom stereocenters. The fraction of sp³-hybridized carbons (Fsp3) is 0.143. The molecule has 0 fully saturated rings. The van der Waals surface area contributed by atoms with E-state index >= 15 is 0 Å². The lowest BCUT2D eigenvalue weighted by molar-refractivity contribution is 0.280. The largest absolute Gasteiger partial charge is 0.392 e. The SMILES string of the molecule is OCc1c(Br)cccc1I. The molecule has 0 aliphatic carbocycles. The summed E-state index contributed by atoms with van der Waals surface area (Å²) < 4.78 is 2.07. The maximum Gasteiger partial charge on any atom is 0.0703 e. The summed E-state index contributed by atoms with van der Waals surface area (Å²) in [5.74, 6) is 0. The van der Waals surface area contributed by atoms with Gasteiger partial charge in [-0.1, -0.05) is 22.0 Å². The normalized spacial score (nSPS) is 9.90. The first-order valence-corrected chi connectivity index (χ1v) is 4.66. The minimum atomic E-state index is 0.0969. The third kappa shape index (κ3) is 1.71. The summed E-state index contributed by atoms with van der Waals surface area (Å²) in [5, 5.41) is 8.86. The minimum Gasteiger partial charge on any atom is -0.392 e. The average molecular weight is 313 g/mol. The maximum atomic E-state index is 8.86. The molecule has 10 heavy (non-hydrogen) atoms. The van der Waals surface area contributed by atoms with Crippen LogP contribution in [0.25, 0.3) is 0 Å². The van der Waals surface area contributed by atoms with Crippen LogP contribution in [0.15, 0.2) is 22.7 Å². The van der Waals surface area contributed by atoms with Gasteiger partial charge in [0.2, 0.25) is 0 Å². The van der Waals surface area contributed by atoms with Crippen LogP contribution in [0, 0.1) is 3.57 Å². The molecule has 0 saturated heterocycles. The summed E-state index contributed by atoms with van der Waals surface area (Å²) in [6, 6.07) is 5.84. The highest BCUT2D eigenvalue weighted by molar-refractivity contribution is 14.1. The zero-order valence-corrected chi connectivity index (χ0v) is 8.89. The number of halogens is 2. The molecule has 0 saturated carbocycles. The van der Waals surface area contributed by atoms with Gasteiger partial charge in [-0.25, -0.2) is 0 Å². The van der Waals surface area contributed by atoms with E-state index in [9.17, 15) is 0 Å². The molecule has 1 rings (SSSR count). The predicted molar refractivity (Wildman–Crippen MR) is 52.8 cm³/mol. The van der Waals surface area contributed by atoms with E-state index in [1.807, 2.05) is 18.2 Å². The van der Waals surface area contributed by atoms with E-state index in [1.165, 1.54) is 0 Å². The third-order valence-corrected chi connectivity index (χ3v) is 2.97. The Kier molecular flexibility index (Phi) is 3.13. The maximum absolute atomic E-state index is 8.86. The van der Waals surface area contributed by atoms with Crippen LogP contribution in [0.3, 0.4) is 0 Å². The standard InChI is InChI=1S/C7H6BrIO/c8-6-2-1-3-7(9)5(6)4-10/h1-3,10H,4H2. The molecule has 1 nitrogen and oxygen atoms in total. The summed E-state index contributed by atoms with van der Waals surface area (Å²) in [5.41, 5.74) is 0.961. The Morgan fingerprint density at radius 3 is 2.60 bits per heavy atom. The van der Waals surface area contributed by atoms with Crippen molar-refractivity contribution in [1.82, 2.24) is 0 Å². The van der Waals surface area contributed by atoms with Crippen LogP contribution in [0.4, 0.5) is 0 Å². The molecule has 3 heteroatoms. The van der Waals surface area contributed by atoms with Crippen LogP contribution in [-0.4, -0.2) is 5.11 Å². The van der Waals surface area contributed by atoms with Crippen LogP contribution in [0.1, 0.15) is 5.56 Å². The second-order valence-electron chi connectivity index (χ2n) is 1.86. The van der Waals surface area contributed by atoms with Crippen molar-refractivity contribution in [3.8, 4) is 0 Å². The fourth-order valence-electron chi connectivity index (χ4n) is 0.683. The van der Waals surface area contributed by atoms with E-state index in [-0.39, 0.29) is 6.61 Å². The lowest BCUT2D eigenvalue weighted by Crippen LogP contribution is -1.88. The zero-order valence-electron chi connectivity index (χ0n) is 5.14. The number of aliphatic hydroxyl groups excluding tert-OH is 1. The third-order valence-electron chi connectivity index (χ3n) is 1.22. The Labute approximate surface area is 81.7 Å². The molecule has 54 valence electrons. The zero-order chi connectivity index (χ0) is 7.56. The van der Waals surface area contributed by atoms with Gasteiger partial charge in [-0.05, 0) is 34.7 Å². The molecule has 0 spiro atoms. The van der Waals surface area contributed by atoms with Crippen LogP contribution >= 0.6 is 38.5 Å². The quantitative estimate of drug-likeness (QED) is 0.790. The van der Waals surface area contributed by atoms with Gasteiger partial charge in [0.15, 0.2) is 0 Å². The van der Waals surface area contributed by atoms with Gasteiger partial charge in [0, 0.05) is 13.6 Å². The van der Waals surface area contributed by atoms with E-state index in [2.05, 4.69) is 38.5 Å². The van der Waals surface area contributed by atoms with Crippen LogP contribution in [0.5, 0.6) is 0 Å². The summed E-state index contributed by atoms with van der Waals surface area (Å²) >= 11 is 5.54. The average Bonchev–Trinajstić information content (AvgIpc) is 1.88. The van der Waals surface area contributed by atoms with Crippen molar-refractivity contribution in [2.75, 3.05) is 0 Å². The van der Waals surface area contributed by atoms with Gasteiger partial charge >= 0.3 is 0 Å². The van der Waals surface area contributed by atoms with E-state index in [4.69, 9.17) is 5.11 Å². The van der Waals surface area contributed by atoms with Crippen molar-refractivity contribution in [1.29, 1.82) is 0 Å². The highest BCUT2D eigenvalue weighted by Gasteiger charge is 2.00. The first-order chi connectivity index (χ1) is 4.75. The lowest BCUT2D eigenvalue weighted by atomic mass is 10.2. The topological polar surface area (TPSA) is 20.2 Å². The van der Waals surface area contributed by atoms with E-state index in [1.54, 1.807) is 0 Å². The molecular weight excluding hydrogens is 307 g/mol. The Morgan fingerprint density at radius 1 is 1.50 bits per heavy atom. The molecule has 1 N–H and O–H groups in total. The molecule has 0 unspecified atom stereocenters. The second-order valence-corrected chi connectivity index (χ2v) is 3.87. The van der Waals surface area contributed by atoms with Gasteiger partial charge in [-0.2, -0.15) is 0 Å². The summed E-state index contributed by atoms with van der Waals surface area (Å²) in [6.07, 6.45) is 0. The fourth-order valence-corrected chi connectivity index (χ4v) is 2.21. The molecule has 0 heterocycles. The lowest BCUT2D eigenvalue weighted by Gasteiger charge is -2.01. The molecular formula is C7H6BrIO. The number of hydrogen-bond acceptors (Lipinski definition) is 1. The number of aliphatic hydroxyl groups is 1. The van der Waals surface area contributed by atoms with Crippen molar-refractivity contribution in [2.45, 2.75) is 6.61 Å². The van der Waals surface area contributed by atoms with Gasteiger partial charge in [0.25, 0.3) is 0 Å². The van der Waals surface area contributed by atoms with E-state index in [0.717, 1.165) is 13.6 Å². The van der Waals surface area contributed by atoms with Crippen LogP contribution < -0.4 is 0 Å². The number of benzene rings is 1. The van der Waals surface area contributed by atoms with Gasteiger partial charge in [0.05, 0.1) is 6.61 Å². The molecule has 0 bridgehead atoms. The highest BCUT2D eigenvalue weighted by atomic mass is 127. The van der Waals surface area contributed by atoms with Crippen molar-refractivity contribution in [2.24, 2.45) is 0 Å². The summed E-state index contributed by atoms with van der Waals surface area (Å²) in [7, 11) is 0. The molecule has 1 aromatic rings. The van der Waals surface area contributed by atoms with Crippen molar-refractivity contribution < 1.29 is 5.11 Å². The van der Waals surface area contributed by atoms with Gasteiger partial charge in [-0.15, -0.1) is 0 Å². The highest BCUT2D eigenvalue weighted by Crippen LogP contribution is 2.21. The van der Waals surface area contributed by atoms with E-state index in [0.29, 0.717) is 0 Å². The van der Waals surface area contributed by atoms with Crippen molar-refractivity contribution in [3.63, 3.8) is 0 Å². The smallest absolute Gasteiger partial charge is 0.0703 e. The Bertz CT molecular complexity index is 217. The van der Waals surface area contributed by atoms with Crippen molar-refractivity contribution >= 4 is 38.5 Å². The molecule has 0 amide bonds. The molecule has 0 aliphatic heterocycles. The molecule has 0 radical (unpaired) electrons. The van der Waals surface area contributed by atoms with Gasteiger partial charge in [-0.3, -0.25) is 0 Å². The summed E-state index contributed by atoms with van der Waals surface area (Å²) in [6.45, 7) is 0.0969. The summed E-state index contributed by atoms with van der Waals surface area (Å²) in [4.78, 5) is 0. The van der Waals surface area contributed by atoms with Crippen LogP contribution in [-0.2, 0) is 6.61 Å². The molecule has 0 aliphatic rings. The Morgan fingerprint density at radius 2 is 2.20 bits per heavy atom. The first kappa shape index (κ1) is 8.49. The number of rotatable bonds is 1. The monoisotopic (exact) mass is 312 g/mol. The Hall–Kier alpha value is 0.390.